The second-order valence-corrected chi connectivity index (χ2v) is 6.16. The van der Waals surface area contributed by atoms with E-state index in [0.29, 0.717) is 18.7 Å². The van der Waals surface area contributed by atoms with Crippen LogP contribution in [-0.2, 0) is 12.8 Å². The van der Waals surface area contributed by atoms with Crippen LogP contribution in [0.5, 0.6) is 0 Å². The van der Waals surface area contributed by atoms with Crippen LogP contribution in [0.4, 0.5) is 18.9 Å². The molecule has 0 atom stereocenters. The van der Waals surface area contributed by atoms with Gasteiger partial charge in [0.15, 0.2) is 0 Å². The maximum absolute atomic E-state index is 13.2. The minimum Gasteiger partial charge on any atom is -0.392 e. The standard InChI is InChI=1S/C15H20F3NO/c1-14(2)5-7-19(8-6-14)13-4-3-11(10-20)9-12(13)15(16,17)18/h3-4,9,20H,5-8,10H2,1-2H3. The number of aliphatic hydroxyl groups is 1. The molecular formula is C15H20F3NO. The largest absolute Gasteiger partial charge is 0.418 e. The Morgan fingerprint density at radius 1 is 1.20 bits per heavy atom. The third kappa shape index (κ3) is 3.26. The Labute approximate surface area is 117 Å². The number of hydrogen-bond donors (Lipinski definition) is 1. The summed E-state index contributed by atoms with van der Waals surface area (Å²) in [5, 5.41) is 9.02. The molecule has 0 saturated carbocycles. The number of nitrogens with zero attached hydrogens (tertiary/aromatic N) is 1. The monoisotopic (exact) mass is 287 g/mol. The molecule has 1 fully saturated rings. The highest BCUT2D eigenvalue weighted by atomic mass is 19.4. The van der Waals surface area contributed by atoms with Crippen molar-refractivity contribution in [1.82, 2.24) is 0 Å². The molecule has 1 aliphatic heterocycles. The maximum Gasteiger partial charge on any atom is 0.418 e. The van der Waals surface area contributed by atoms with Gasteiger partial charge in [-0.2, -0.15) is 13.2 Å². The molecule has 0 bridgehead atoms. The molecule has 1 aromatic carbocycles. The van der Waals surface area contributed by atoms with Gasteiger partial charge in [-0.1, -0.05) is 19.9 Å². The van der Waals surface area contributed by atoms with E-state index in [0.717, 1.165) is 18.9 Å². The van der Waals surface area contributed by atoms with Gasteiger partial charge in [-0.3, -0.25) is 0 Å². The predicted octanol–water partition coefficient (Wildman–Crippen LogP) is 3.82. The summed E-state index contributed by atoms with van der Waals surface area (Å²) in [6.45, 7) is 5.17. The predicted molar refractivity (Wildman–Crippen MR) is 72.6 cm³/mol. The number of halogens is 3. The molecular weight excluding hydrogens is 267 g/mol. The Morgan fingerprint density at radius 2 is 1.80 bits per heavy atom. The smallest absolute Gasteiger partial charge is 0.392 e. The Kier molecular flexibility index (Phi) is 4.00. The van der Waals surface area contributed by atoms with Crippen molar-refractivity contribution in [3.63, 3.8) is 0 Å². The second-order valence-electron chi connectivity index (χ2n) is 6.16. The first kappa shape index (κ1) is 15.2. The lowest BCUT2D eigenvalue weighted by Crippen LogP contribution is -2.38. The molecule has 0 amide bonds. The molecule has 0 unspecified atom stereocenters. The van der Waals surface area contributed by atoms with Crippen molar-refractivity contribution < 1.29 is 18.3 Å². The summed E-state index contributed by atoms with van der Waals surface area (Å²) < 4.78 is 39.5. The molecule has 1 N–H and O–H groups in total. The Hall–Kier alpha value is -1.23. The Morgan fingerprint density at radius 3 is 2.30 bits per heavy atom. The van der Waals surface area contributed by atoms with Crippen LogP contribution in [0.15, 0.2) is 18.2 Å². The van der Waals surface area contributed by atoms with Gasteiger partial charge in [0.05, 0.1) is 12.2 Å². The fourth-order valence-electron chi connectivity index (χ4n) is 2.54. The number of anilines is 1. The summed E-state index contributed by atoms with van der Waals surface area (Å²) in [5.41, 5.74) is 0.0623. The van der Waals surface area contributed by atoms with Gasteiger partial charge in [0.2, 0.25) is 0 Å². The number of benzene rings is 1. The minimum atomic E-state index is -4.40. The highest BCUT2D eigenvalue weighted by molar-refractivity contribution is 5.56. The molecule has 1 aromatic rings. The van der Waals surface area contributed by atoms with E-state index >= 15 is 0 Å². The highest BCUT2D eigenvalue weighted by Gasteiger charge is 2.36. The second kappa shape index (κ2) is 5.28. The molecule has 1 aliphatic rings. The third-order valence-electron chi connectivity index (χ3n) is 4.01. The summed E-state index contributed by atoms with van der Waals surface area (Å²) >= 11 is 0. The quantitative estimate of drug-likeness (QED) is 0.893. The highest BCUT2D eigenvalue weighted by Crippen LogP contribution is 2.40. The third-order valence-corrected chi connectivity index (χ3v) is 4.01. The fourth-order valence-corrected chi connectivity index (χ4v) is 2.54. The first-order chi connectivity index (χ1) is 9.23. The van der Waals surface area contributed by atoms with Gasteiger partial charge in [0, 0.05) is 18.8 Å². The summed E-state index contributed by atoms with van der Waals surface area (Å²) in [6, 6.07) is 4.09. The van der Waals surface area contributed by atoms with Crippen molar-refractivity contribution >= 4 is 5.69 Å². The molecule has 0 radical (unpaired) electrons. The Bertz CT molecular complexity index is 472. The zero-order valence-electron chi connectivity index (χ0n) is 11.8. The van der Waals surface area contributed by atoms with Crippen LogP contribution in [-0.4, -0.2) is 18.2 Å². The van der Waals surface area contributed by atoms with Crippen LogP contribution in [0.3, 0.4) is 0 Å². The van der Waals surface area contributed by atoms with Crippen molar-refractivity contribution in [3.8, 4) is 0 Å². The minimum absolute atomic E-state index is 0.194. The van der Waals surface area contributed by atoms with Gasteiger partial charge >= 0.3 is 6.18 Å². The molecule has 20 heavy (non-hydrogen) atoms. The molecule has 1 heterocycles. The van der Waals surface area contributed by atoms with Crippen LogP contribution >= 0.6 is 0 Å². The summed E-state index contributed by atoms with van der Waals surface area (Å²) in [4.78, 5) is 1.80. The zero-order valence-corrected chi connectivity index (χ0v) is 11.8. The normalized spacial score (nSPS) is 19.2. The van der Waals surface area contributed by atoms with Gasteiger partial charge < -0.3 is 10.0 Å². The molecule has 5 heteroatoms. The SMILES string of the molecule is CC1(C)CCN(c2ccc(CO)cc2C(F)(F)F)CC1. The van der Waals surface area contributed by atoms with Crippen LogP contribution in [0.25, 0.3) is 0 Å². The van der Waals surface area contributed by atoms with E-state index in [9.17, 15) is 13.2 Å². The van der Waals surface area contributed by atoms with Crippen molar-refractivity contribution in [1.29, 1.82) is 0 Å². The van der Waals surface area contributed by atoms with Crippen molar-refractivity contribution in [3.05, 3.63) is 29.3 Å². The van der Waals surface area contributed by atoms with Crippen molar-refractivity contribution in [2.75, 3.05) is 18.0 Å². The van der Waals surface area contributed by atoms with Crippen LogP contribution < -0.4 is 4.90 Å². The van der Waals surface area contributed by atoms with E-state index in [1.165, 1.54) is 6.07 Å². The van der Waals surface area contributed by atoms with E-state index in [1.54, 1.807) is 11.0 Å². The van der Waals surface area contributed by atoms with E-state index in [2.05, 4.69) is 13.8 Å². The van der Waals surface area contributed by atoms with Gasteiger partial charge in [-0.15, -0.1) is 0 Å². The summed E-state index contributed by atoms with van der Waals surface area (Å²) in [6.07, 6.45) is -2.63. The number of alkyl halides is 3. The van der Waals surface area contributed by atoms with Gasteiger partial charge in [-0.05, 0) is 36.0 Å². The molecule has 112 valence electrons. The topological polar surface area (TPSA) is 23.5 Å². The first-order valence-corrected chi connectivity index (χ1v) is 6.79. The van der Waals surface area contributed by atoms with Crippen LogP contribution in [0.1, 0.15) is 37.8 Å². The number of rotatable bonds is 2. The van der Waals surface area contributed by atoms with Gasteiger partial charge in [0.1, 0.15) is 0 Å². The van der Waals surface area contributed by atoms with Crippen molar-refractivity contribution in [2.24, 2.45) is 5.41 Å². The summed E-state index contributed by atoms with van der Waals surface area (Å²) in [5.74, 6) is 0. The lowest BCUT2D eigenvalue weighted by atomic mass is 9.82. The first-order valence-electron chi connectivity index (χ1n) is 6.79. The molecule has 1 saturated heterocycles. The zero-order chi connectivity index (χ0) is 15.0. The average molecular weight is 287 g/mol. The molecule has 2 rings (SSSR count). The number of aliphatic hydroxyl groups excluding tert-OH is 1. The lowest BCUT2D eigenvalue weighted by molar-refractivity contribution is -0.137. The molecule has 0 spiro atoms. The Balaban J connectivity index is 2.32. The van der Waals surface area contributed by atoms with Crippen LogP contribution in [0, 0.1) is 5.41 Å². The number of piperidine rings is 1. The van der Waals surface area contributed by atoms with E-state index in [-0.39, 0.29) is 17.7 Å². The molecule has 2 nitrogen and oxygen atoms in total. The summed E-state index contributed by atoms with van der Waals surface area (Å²) in [7, 11) is 0. The molecule has 0 aromatic heterocycles. The lowest BCUT2D eigenvalue weighted by Gasteiger charge is -2.39. The fraction of sp³-hybridized carbons (Fsp3) is 0.600. The van der Waals surface area contributed by atoms with Crippen molar-refractivity contribution in [2.45, 2.75) is 39.5 Å². The van der Waals surface area contributed by atoms with E-state index < -0.39 is 11.7 Å². The van der Waals surface area contributed by atoms with Gasteiger partial charge in [0.25, 0.3) is 0 Å². The number of hydrogen-bond acceptors (Lipinski definition) is 2. The van der Waals surface area contributed by atoms with Crippen LogP contribution in [0.2, 0.25) is 0 Å². The van der Waals surface area contributed by atoms with Gasteiger partial charge in [-0.25, -0.2) is 0 Å². The maximum atomic E-state index is 13.2. The van der Waals surface area contributed by atoms with E-state index in [4.69, 9.17) is 5.11 Å². The average Bonchev–Trinajstić information content (AvgIpc) is 2.37. The van der Waals surface area contributed by atoms with E-state index in [1.807, 2.05) is 0 Å². The molecule has 0 aliphatic carbocycles.